The molecule has 3 heteroatoms. The van der Waals surface area contributed by atoms with Gasteiger partial charge >= 0.3 is 0 Å². The molecule has 0 fully saturated rings. The minimum absolute atomic E-state index is 0.126. The van der Waals surface area contributed by atoms with E-state index in [9.17, 15) is 0 Å². The normalized spacial score (nSPS) is 12.2. The van der Waals surface area contributed by atoms with Crippen LogP contribution in [0.2, 0.25) is 0 Å². The molecule has 0 saturated heterocycles. The number of aromatic nitrogens is 1. The van der Waals surface area contributed by atoms with Crippen LogP contribution in [-0.2, 0) is 5.41 Å². The van der Waals surface area contributed by atoms with Crippen LogP contribution in [0.15, 0.2) is 28.9 Å². The molecule has 0 spiro atoms. The molecule has 0 bridgehead atoms. The van der Waals surface area contributed by atoms with Gasteiger partial charge in [-0.25, -0.2) is 0 Å². The van der Waals surface area contributed by atoms with Crippen LogP contribution in [0.1, 0.15) is 25.8 Å². The van der Waals surface area contributed by atoms with Gasteiger partial charge in [0.15, 0.2) is 0 Å². The fourth-order valence-corrected chi connectivity index (χ4v) is 2.51. The third-order valence-corrected chi connectivity index (χ3v) is 3.64. The van der Waals surface area contributed by atoms with Crippen molar-refractivity contribution in [3.63, 3.8) is 0 Å². The Balaban J connectivity index is 2.53. The van der Waals surface area contributed by atoms with E-state index in [0.717, 1.165) is 17.4 Å². The van der Waals surface area contributed by atoms with Crippen LogP contribution in [0.25, 0.3) is 10.9 Å². The van der Waals surface area contributed by atoms with Crippen molar-refractivity contribution in [2.24, 2.45) is 5.73 Å². The van der Waals surface area contributed by atoms with Gasteiger partial charge < -0.3 is 10.7 Å². The number of hydrogen-bond acceptors (Lipinski definition) is 1. The van der Waals surface area contributed by atoms with E-state index in [2.05, 4.69) is 59.2 Å². The van der Waals surface area contributed by atoms with Gasteiger partial charge in [0, 0.05) is 21.6 Å². The van der Waals surface area contributed by atoms with Crippen LogP contribution in [0.5, 0.6) is 0 Å². The third kappa shape index (κ3) is 2.02. The van der Waals surface area contributed by atoms with Crippen LogP contribution < -0.4 is 5.73 Å². The highest BCUT2D eigenvalue weighted by molar-refractivity contribution is 9.10. The molecule has 1 aromatic heterocycles. The van der Waals surface area contributed by atoms with E-state index in [1.165, 1.54) is 16.5 Å². The van der Waals surface area contributed by atoms with Gasteiger partial charge in [0.05, 0.1) is 0 Å². The molecule has 2 nitrogen and oxygen atoms in total. The molecular formula is C13H17BrN2. The lowest BCUT2D eigenvalue weighted by molar-refractivity contribution is 0.491. The average molecular weight is 281 g/mol. The maximum Gasteiger partial charge on any atom is 0.0468 e. The number of aromatic amines is 1. The number of benzene rings is 1. The molecule has 2 aromatic rings. The summed E-state index contributed by atoms with van der Waals surface area (Å²) < 4.78 is 1.10. The predicted octanol–water partition coefficient (Wildman–Crippen LogP) is 3.56. The molecule has 0 aliphatic carbocycles. The molecule has 0 amide bonds. The first-order chi connectivity index (χ1) is 7.54. The zero-order valence-corrected chi connectivity index (χ0v) is 11.3. The minimum Gasteiger partial charge on any atom is -0.361 e. The third-order valence-electron chi connectivity index (χ3n) is 3.14. The average Bonchev–Trinajstić information content (AvgIpc) is 2.60. The molecule has 2 rings (SSSR count). The Hall–Kier alpha value is -0.800. The first-order valence-electron chi connectivity index (χ1n) is 5.52. The van der Waals surface area contributed by atoms with Crippen molar-refractivity contribution < 1.29 is 0 Å². The van der Waals surface area contributed by atoms with Crippen molar-refractivity contribution in [1.29, 1.82) is 0 Å². The van der Waals surface area contributed by atoms with E-state index < -0.39 is 0 Å². The topological polar surface area (TPSA) is 41.8 Å². The van der Waals surface area contributed by atoms with E-state index >= 15 is 0 Å². The molecule has 1 aromatic carbocycles. The van der Waals surface area contributed by atoms with Crippen LogP contribution in [0.4, 0.5) is 0 Å². The van der Waals surface area contributed by atoms with Crippen molar-refractivity contribution in [1.82, 2.24) is 4.98 Å². The highest BCUT2D eigenvalue weighted by Crippen LogP contribution is 2.33. The molecule has 1 heterocycles. The van der Waals surface area contributed by atoms with E-state index in [4.69, 9.17) is 5.73 Å². The molecule has 0 aliphatic rings. The van der Waals surface area contributed by atoms with E-state index in [0.29, 0.717) is 0 Å². The van der Waals surface area contributed by atoms with E-state index in [1.54, 1.807) is 0 Å². The van der Waals surface area contributed by atoms with Gasteiger partial charge in [-0.2, -0.15) is 0 Å². The highest BCUT2D eigenvalue weighted by atomic mass is 79.9. The summed E-state index contributed by atoms with van der Waals surface area (Å²) in [7, 11) is 0. The number of nitrogens with two attached hydrogens (primary N) is 1. The van der Waals surface area contributed by atoms with Gasteiger partial charge in [-0.1, -0.05) is 35.8 Å². The summed E-state index contributed by atoms with van der Waals surface area (Å²) in [5.41, 5.74) is 8.32. The smallest absolute Gasteiger partial charge is 0.0468 e. The number of fused-ring (bicyclic) bond motifs is 1. The number of nitrogens with one attached hydrogen (secondary N) is 1. The largest absolute Gasteiger partial charge is 0.361 e. The van der Waals surface area contributed by atoms with Gasteiger partial charge in [0.25, 0.3) is 0 Å². The Morgan fingerprint density at radius 3 is 2.81 bits per heavy atom. The lowest BCUT2D eigenvalue weighted by Gasteiger charge is -2.23. The summed E-state index contributed by atoms with van der Waals surface area (Å²) in [5, 5.41) is 1.29. The molecule has 0 aliphatic heterocycles. The van der Waals surface area contributed by atoms with Gasteiger partial charge in [0.1, 0.15) is 0 Å². The van der Waals surface area contributed by atoms with Crippen molar-refractivity contribution in [2.75, 3.05) is 6.54 Å². The summed E-state index contributed by atoms with van der Waals surface area (Å²) in [6.07, 6.45) is 3.10. The van der Waals surface area contributed by atoms with Crippen molar-refractivity contribution in [3.8, 4) is 0 Å². The van der Waals surface area contributed by atoms with Crippen LogP contribution >= 0.6 is 15.9 Å². The predicted molar refractivity (Wildman–Crippen MR) is 72.7 cm³/mol. The highest BCUT2D eigenvalue weighted by Gasteiger charge is 2.22. The van der Waals surface area contributed by atoms with Crippen LogP contribution in [0.3, 0.4) is 0 Å². The SMILES string of the molecule is CC(C)(CCN)c1c[nH]c2cc(Br)ccc12. The number of hydrogen-bond donors (Lipinski definition) is 2. The Bertz CT molecular complexity index is 500. The quantitative estimate of drug-likeness (QED) is 0.887. The first kappa shape index (κ1) is 11.7. The van der Waals surface area contributed by atoms with Crippen LogP contribution in [0, 0.1) is 0 Å². The number of H-pyrrole nitrogens is 1. The summed E-state index contributed by atoms with van der Waals surface area (Å²) in [6.45, 7) is 5.20. The second kappa shape index (κ2) is 4.22. The van der Waals surface area contributed by atoms with Crippen LogP contribution in [-0.4, -0.2) is 11.5 Å². The van der Waals surface area contributed by atoms with Crippen molar-refractivity contribution >= 4 is 26.8 Å². The first-order valence-corrected chi connectivity index (χ1v) is 6.31. The number of halogens is 1. The van der Waals surface area contributed by atoms with Gasteiger partial charge in [-0.05, 0) is 36.1 Å². The van der Waals surface area contributed by atoms with Gasteiger partial charge in [-0.15, -0.1) is 0 Å². The molecule has 0 unspecified atom stereocenters. The summed E-state index contributed by atoms with van der Waals surface area (Å²) in [4.78, 5) is 3.32. The Morgan fingerprint density at radius 1 is 1.38 bits per heavy atom. The van der Waals surface area contributed by atoms with Gasteiger partial charge in [0.2, 0.25) is 0 Å². The van der Waals surface area contributed by atoms with E-state index in [1.807, 2.05) is 0 Å². The number of rotatable bonds is 3. The minimum atomic E-state index is 0.126. The molecular weight excluding hydrogens is 264 g/mol. The molecule has 0 saturated carbocycles. The lowest BCUT2D eigenvalue weighted by Crippen LogP contribution is -2.21. The summed E-state index contributed by atoms with van der Waals surface area (Å²) >= 11 is 3.48. The fraction of sp³-hybridized carbons (Fsp3) is 0.385. The Morgan fingerprint density at radius 2 is 2.12 bits per heavy atom. The molecule has 3 N–H and O–H groups in total. The monoisotopic (exact) mass is 280 g/mol. The fourth-order valence-electron chi connectivity index (χ4n) is 2.15. The van der Waals surface area contributed by atoms with Crippen molar-refractivity contribution in [3.05, 3.63) is 34.4 Å². The van der Waals surface area contributed by atoms with Gasteiger partial charge in [-0.3, -0.25) is 0 Å². The second-order valence-electron chi connectivity index (χ2n) is 4.81. The summed E-state index contributed by atoms with van der Waals surface area (Å²) in [5.74, 6) is 0. The Kier molecular flexibility index (Phi) is 3.08. The second-order valence-corrected chi connectivity index (χ2v) is 5.73. The standard InChI is InChI=1S/C13H17BrN2/c1-13(2,5-6-15)11-8-16-12-7-9(14)3-4-10(11)12/h3-4,7-8,16H,5-6,15H2,1-2H3. The molecule has 0 radical (unpaired) electrons. The van der Waals surface area contributed by atoms with E-state index in [-0.39, 0.29) is 5.41 Å². The maximum absolute atomic E-state index is 5.67. The van der Waals surface area contributed by atoms with Crippen molar-refractivity contribution in [2.45, 2.75) is 25.7 Å². The maximum atomic E-state index is 5.67. The molecule has 0 atom stereocenters. The molecule has 86 valence electrons. The Labute approximate surface area is 104 Å². The lowest BCUT2D eigenvalue weighted by atomic mass is 9.81. The summed E-state index contributed by atoms with van der Waals surface area (Å²) in [6, 6.07) is 6.35. The molecule has 16 heavy (non-hydrogen) atoms. The zero-order valence-electron chi connectivity index (χ0n) is 9.68. The zero-order chi connectivity index (χ0) is 11.8.